The van der Waals surface area contributed by atoms with Crippen molar-refractivity contribution in [3.8, 4) is 5.75 Å². The molecule has 1 aliphatic heterocycles. The number of rotatable bonds is 9. The topological polar surface area (TPSA) is 170 Å². The van der Waals surface area contributed by atoms with Gasteiger partial charge in [0.05, 0.1) is 12.1 Å². The molecule has 48 heavy (non-hydrogen) atoms. The Bertz CT molecular complexity index is 1580. The maximum atomic E-state index is 14.0. The van der Waals surface area contributed by atoms with Gasteiger partial charge >= 0.3 is 24.5 Å². The zero-order valence-electron chi connectivity index (χ0n) is 24.8. The number of aliphatic hydroxyl groups excluding tert-OH is 2. The van der Waals surface area contributed by atoms with Gasteiger partial charge < -0.3 is 30.1 Å². The highest BCUT2D eigenvalue weighted by atomic mass is 19.4. The molecule has 0 bridgehead atoms. The second-order valence-corrected chi connectivity index (χ2v) is 10.9. The highest BCUT2D eigenvalue weighted by Crippen LogP contribution is 2.40. The number of nitrogens with zero attached hydrogens (tertiary/aromatic N) is 2. The van der Waals surface area contributed by atoms with Crippen molar-refractivity contribution >= 4 is 23.5 Å². The number of carbonyl (C=O) groups is 3. The maximum absolute atomic E-state index is 14.0. The third-order valence-corrected chi connectivity index (χ3v) is 7.00. The molecule has 2 heterocycles. The Hall–Kier alpha value is -4.81. The number of ether oxygens (including phenoxy) is 1. The van der Waals surface area contributed by atoms with E-state index in [0.717, 1.165) is 24.4 Å². The Morgan fingerprint density at radius 1 is 0.938 bits per heavy atom. The van der Waals surface area contributed by atoms with Crippen LogP contribution in [0.4, 0.5) is 36.4 Å². The summed E-state index contributed by atoms with van der Waals surface area (Å²) < 4.78 is 94.4. The zero-order valence-corrected chi connectivity index (χ0v) is 24.8. The van der Waals surface area contributed by atoms with Crippen molar-refractivity contribution in [3.63, 3.8) is 0 Å². The fraction of sp³-hybridized carbons (Fsp3) is 0.333. The lowest BCUT2D eigenvalue weighted by atomic mass is 9.93. The zero-order chi connectivity index (χ0) is 36.2. The van der Waals surface area contributed by atoms with Crippen LogP contribution in [0, 0.1) is 5.82 Å². The van der Waals surface area contributed by atoms with Crippen LogP contribution in [0.2, 0.25) is 0 Å². The number of aliphatic hydroxyl groups is 2. The number of alkyl halides is 6. The van der Waals surface area contributed by atoms with E-state index in [4.69, 9.17) is 20.4 Å². The number of nitrogens with one attached hydrogen (secondary N) is 1. The Morgan fingerprint density at radius 2 is 1.52 bits per heavy atom. The van der Waals surface area contributed by atoms with Crippen molar-refractivity contribution in [1.82, 2.24) is 10.3 Å². The Morgan fingerprint density at radius 3 is 1.98 bits per heavy atom. The Kier molecular flexibility index (Phi) is 11.4. The minimum atomic E-state index is -4.89. The molecule has 0 radical (unpaired) electrons. The molecular weight excluding hydrogens is 663 g/mol. The van der Waals surface area contributed by atoms with Crippen molar-refractivity contribution in [1.29, 1.82) is 0 Å². The third kappa shape index (κ3) is 9.61. The summed E-state index contributed by atoms with van der Waals surface area (Å²) in [6, 6.07) is 10.9. The van der Waals surface area contributed by atoms with Gasteiger partial charge in [-0.2, -0.15) is 13.2 Å². The van der Waals surface area contributed by atoms with Crippen LogP contribution in [0.3, 0.4) is 0 Å². The second-order valence-electron chi connectivity index (χ2n) is 10.9. The van der Waals surface area contributed by atoms with E-state index >= 15 is 0 Å². The quantitative estimate of drug-likeness (QED) is 0.203. The van der Waals surface area contributed by atoms with E-state index in [1.54, 1.807) is 19.9 Å². The molecule has 5 N–H and O–H groups in total. The number of hydrogen-bond acceptors (Lipinski definition) is 8. The molecule has 1 amide bonds. The van der Waals surface area contributed by atoms with Gasteiger partial charge in [0.25, 0.3) is 0 Å². The van der Waals surface area contributed by atoms with Gasteiger partial charge in [0.15, 0.2) is 12.2 Å². The van der Waals surface area contributed by atoms with Gasteiger partial charge in [-0.3, -0.25) is 15.1 Å². The summed E-state index contributed by atoms with van der Waals surface area (Å²) in [6.07, 6.45) is -12.8. The minimum absolute atomic E-state index is 0.153. The van der Waals surface area contributed by atoms with Gasteiger partial charge in [-0.05, 0) is 73.9 Å². The average Bonchev–Trinajstić information content (AvgIpc) is 3.30. The molecule has 0 aliphatic carbocycles. The first-order chi connectivity index (χ1) is 22.1. The molecule has 260 valence electrons. The monoisotopic (exact) mass is 691 g/mol. The summed E-state index contributed by atoms with van der Waals surface area (Å²) in [4.78, 5) is 38.0. The molecule has 0 saturated carbocycles. The summed E-state index contributed by atoms with van der Waals surface area (Å²) in [6.45, 7) is 3.35. The van der Waals surface area contributed by atoms with Crippen LogP contribution in [0.25, 0.3) is 0 Å². The molecule has 1 aliphatic rings. The molecule has 11 nitrogen and oxygen atoms in total. The SMILES string of the molecule is CC(C)(N[C@H]1C[C@H](c2cccc(F)c2)N(c2ccc(OC(F)(F)F)cc2)C1=O)c1ccc(C(F)(F)F)nc1.O=C(O)C(O)C(O)C(=O)O. The van der Waals surface area contributed by atoms with E-state index in [2.05, 4.69) is 15.0 Å². The number of pyridine rings is 1. The fourth-order valence-electron chi connectivity index (χ4n) is 4.71. The number of carboxylic acids is 2. The van der Waals surface area contributed by atoms with Crippen LogP contribution in [-0.4, -0.2) is 67.9 Å². The predicted octanol–water partition coefficient (Wildman–Crippen LogP) is 4.39. The number of aromatic nitrogens is 1. The van der Waals surface area contributed by atoms with Crippen molar-refractivity contribution in [2.24, 2.45) is 0 Å². The summed E-state index contributed by atoms with van der Waals surface area (Å²) in [5.74, 6) is -4.99. The first-order valence-corrected chi connectivity index (χ1v) is 13.7. The Labute approximate surface area is 267 Å². The van der Waals surface area contributed by atoms with Gasteiger partial charge in [0.2, 0.25) is 5.91 Å². The molecule has 3 aromatic rings. The number of carboxylic acid groups (broad SMARTS) is 2. The average molecular weight is 692 g/mol. The summed E-state index contributed by atoms with van der Waals surface area (Å²) in [5, 5.41) is 35.7. The first kappa shape index (κ1) is 37.6. The van der Waals surface area contributed by atoms with E-state index in [1.165, 1.54) is 41.3 Å². The number of halogens is 7. The molecule has 1 aromatic heterocycles. The molecule has 1 fully saturated rings. The van der Waals surface area contributed by atoms with E-state index in [0.29, 0.717) is 11.1 Å². The van der Waals surface area contributed by atoms with E-state index in [1.807, 2.05) is 0 Å². The highest BCUT2D eigenvalue weighted by molar-refractivity contribution is 6.00. The van der Waals surface area contributed by atoms with Crippen molar-refractivity contribution in [2.75, 3.05) is 4.90 Å². The van der Waals surface area contributed by atoms with Gasteiger partial charge in [0.1, 0.15) is 17.3 Å². The molecular formula is C30H28F7N3O8. The molecule has 4 rings (SSSR count). The van der Waals surface area contributed by atoms with Gasteiger partial charge in [-0.1, -0.05) is 18.2 Å². The smallest absolute Gasteiger partial charge is 0.479 e. The molecule has 4 atom stereocenters. The lowest BCUT2D eigenvalue weighted by molar-refractivity contribution is -0.274. The second kappa shape index (κ2) is 14.5. The lowest BCUT2D eigenvalue weighted by Crippen LogP contribution is -2.47. The number of benzene rings is 2. The molecule has 18 heteroatoms. The summed E-state index contributed by atoms with van der Waals surface area (Å²) in [5.41, 5.74) is -0.925. The van der Waals surface area contributed by atoms with Gasteiger partial charge in [-0.15, -0.1) is 13.2 Å². The minimum Gasteiger partial charge on any atom is -0.479 e. The number of aliphatic carboxylic acids is 2. The van der Waals surface area contributed by atoms with Gasteiger partial charge in [0, 0.05) is 17.4 Å². The predicted molar refractivity (Wildman–Crippen MR) is 151 cm³/mol. The standard InChI is InChI=1S/C26H22F7N3O2.C4H6O6/c1-24(2,16-6-11-22(34-14-16)25(28,29)30)35-20-13-21(15-4-3-5-17(27)12-15)36(23(20)37)18-7-9-19(10-8-18)38-26(31,32)33;5-1(3(7)8)2(6)4(9)10/h3-12,14,20-21,35H,13H2,1-2H3;1-2,5-6H,(H,7,8)(H,9,10)/t20-,21+;/m0./s1. The van der Waals surface area contributed by atoms with E-state index in [9.17, 15) is 45.1 Å². The normalized spacial score (nSPS) is 18.1. The maximum Gasteiger partial charge on any atom is 0.573 e. The van der Waals surface area contributed by atoms with Crippen molar-refractivity contribution in [2.45, 2.75) is 62.6 Å². The number of carbonyl (C=O) groups excluding carboxylic acids is 1. The Balaban J connectivity index is 0.000000542. The van der Waals surface area contributed by atoms with Gasteiger partial charge in [-0.25, -0.2) is 14.0 Å². The van der Waals surface area contributed by atoms with Crippen LogP contribution >= 0.6 is 0 Å². The third-order valence-electron chi connectivity index (χ3n) is 7.00. The number of hydrogen-bond donors (Lipinski definition) is 5. The van der Waals surface area contributed by atoms with Crippen LogP contribution in [-0.2, 0) is 26.1 Å². The van der Waals surface area contributed by atoms with Crippen LogP contribution in [0.15, 0.2) is 66.9 Å². The number of anilines is 1. The van der Waals surface area contributed by atoms with E-state index < -0.39 is 77.5 Å². The molecule has 0 spiro atoms. The molecule has 2 aromatic carbocycles. The van der Waals surface area contributed by atoms with Crippen LogP contribution in [0.5, 0.6) is 5.75 Å². The lowest BCUT2D eigenvalue weighted by Gasteiger charge is -2.30. The number of amides is 1. The van der Waals surface area contributed by atoms with Crippen LogP contribution < -0.4 is 15.0 Å². The van der Waals surface area contributed by atoms with E-state index in [-0.39, 0.29) is 12.1 Å². The summed E-state index contributed by atoms with van der Waals surface area (Å²) >= 11 is 0. The van der Waals surface area contributed by atoms with Crippen molar-refractivity contribution in [3.05, 3.63) is 89.5 Å². The van der Waals surface area contributed by atoms with Crippen LogP contribution in [0.1, 0.15) is 43.1 Å². The first-order valence-electron chi connectivity index (χ1n) is 13.7. The fourth-order valence-corrected chi connectivity index (χ4v) is 4.71. The largest absolute Gasteiger partial charge is 0.573 e. The molecule has 2 unspecified atom stereocenters. The molecule has 1 saturated heterocycles. The highest BCUT2D eigenvalue weighted by Gasteiger charge is 2.44. The summed E-state index contributed by atoms with van der Waals surface area (Å²) in [7, 11) is 0. The van der Waals surface area contributed by atoms with Crippen molar-refractivity contribution < 1.29 is 70.3 Å².